The summed E-state index contributed by atoms with van der Waals surface area (Å²) in [7, 11) is 0. The maximum Gasteiger partial charge on any atom is 0.410 e. The number of rotatable bonds is 1. The van der Waals surface area contributed by atoms with Crippen LogP contribution in [0.4, 0.5) is 4.79 Å². The maximum atomic E-state index is 11.7. The van der Waals surface area contributed by atoms with Gasteiger partial charge in [0.2, 0.25) is 0 Å². The molecular weight excluding hydrogens is 198 g/mol. The number of morpholine rings is 1. The van der Waals surface area contributed by atoms with Gasteiger partial charge in [-0.3, -0.25) is 4.90 Å². The van der Waals surface area contributed by atoms with Crippen molar-refractivity contribution in [2.45, 2.75) is 44.6 Å². The Labute approximate surface area is 89.0 Å². The summed E-state index contributed by atoms with van der Waals surface area (Å²) in [6.07, 6.45) is -0.241. The Hall–Kier alpha value is -0.810. The molecule has 2 fully saturated rings. The van der Waals surface area contributed by atoms with Gasteiger partial charge in [-0.1, -0.05) is 0 Å². The van der Waals surface area contributed by atoms with Gasteiger partial charge in [-0.2, -0.15) is 0 Å². The van der Waals surface area contributed by atoms with E-state index in [1.165, 1.54) is 0 Å². The number of amides is 1. The number of hydrogen-bond acceptors (Lipinski definition) is 4. The lowest BCUT2D eigenvalue weighted by Crippen LogP contribution is -2.44. The number of hydrogen-bond donors (Lipinski definition) is 1. The first kappa shape index (κ1) is 10.7. The number of aliphatic hydroxyl groups excluding tert-OH is 1. The Morgan fingerprint density at radius 1 is 1.60 bits per heavy atom. The van der Waals surface area contributed by atoms with Crippen molar-refractivity contribution in [1.29, 1.82) is 0 Å². The molecule has 1 amide bonds. The van der Waals surface area contributed by atoms with Gasteiger partial charge in [-0.15, -0.1) is 0 Å². The van der Waals surface area contributed by atoms with E-state index in [2.05, 4.69) is 0 Å². The second-order valence-corrected chi connectivity index (χ2v) is 5.02. The van der Waals surface area contributed by atoms with Crippen LogP contribution in [0.5, 0.6) is 0 Å². The van der Waals surface area contributed by atoms with Gasteiger partial charge >= 0.3 is 6.09 Å². The lowest BCUT2D eigenvalue weighted by Gasteiger charge is -2.28. The minimum atomic E-state index is -0.495. The van der Waals surface area contributed by atoms with E-state index in [-0.39, 0.29) is 30.9 Å². The fraction of sp³-hybridized carbons (Fsp3) is 0.900. The molecule has 0 aliphatic carbocycles. The SMILES string of the molecule is CC(C)(C)OC(=O)N1C[C@@H]2O[C@@H]2[C@@H]1CO. The summed E-state index contributed by atoms with van der Waals surface area (Å²) in [5, 5.41) is 9.15. The summed E-state index contributed by atoms with van der Waals surface area (Å²) < 4.78 is 10.5. The van der Waals surface area contributed by atoms with Crippen LogP contribution in [0, 0.1) is 0 Å². The molecule has 2 rings (SSSR count). The van der Waals surface area contributed by atoms with Crippen molar-refractivity contribution in [2.75, 3.05) is 13.2 Å². The van der Waals surface area contributed by atoms with Crippen LogP contribution in [0.2, 0.25) is 0 Å². The van der Waals surface area contributed by atoms with Crippen LogP contribution >= 0.6 is 0 Å². The van der Waals surface area contributed by atoms with Crippen molar-refractivity contribution < 1.29 is 19.4 Å². The van der Waals surface area contributed by atoms with Crippen molar-refractivity contribution >= 4 is 6.09 Å². The monoisotopic (exact) mass is 215 g/mol. The van der Waals surface area contributed by atoms with E-state index in [1.807, 2.05) is 20.8 Å². The van der Waals surface area contributed by atoms with Gasteiger partial charge in [0.25, 0.3) is 0 Å². The molecule has 2 aliphatic rings. The standard InChI is InChI=1S/C10H17NO4/c1-10(2,3)15-9(13)11-4-7-8(14-7)6(11)5-12/h6-8,12H,4-5H2,1-3H3/t6-,7-,8+/m0/s1. The first-order valence-corrected chi connectivity index (χ1v) is 5.18. The number of carbonyl (C=O) groups is 1. The van der Waals surface area contributed by atoms with Crippen molar-refractivity contribution in [2.24, 2.45) is 0 Å². The van der Waals surface area contributed by atoms with Gasteiger partial charge in [-0.05, 0) is 20.8 Å². The first-order chi connectivity index (χ1) is 6.92. The molecule has 5 nitrogen and oxygen atoms in total. The molecule has 0 aromatic carbocycles. The summed E-state index contributed by atoms with van der Waals surface area (Å²) in [6.45, 7) is 5.94. The molecule has 0 aromatic rings. The maximum absolute atomic E-state index is 11.7. The molecule has 0 spiro atoms. The van der Waals surface area contributed by atoms with Crippen molar-refractivity contribution in [3.05, 3.63) is 0 Å². The van der Waals surface area contributed by atoms with Gasteiger partial charge in [0.15, 0.2) is 0 Å². The van der Waals surface area contributed by atoms with Crippen LogP contribution in [0.15, 0.2) is 0 Å². The molecule has 2 aliphatic heterocycles. The predicted molar refractivity (Wildman–Crippen MR) is 52.5 cm³/mol. The normalized spacial score (nSPS) is 33.9. The predicted octanol–water partition coefficient (Wildman–Crippen LogP) is 0.365. The number of carbonyl (C=O) groups excluding carboxylic acids is 1. The smallest absolute Gasteiger partial charge is 0.410 e. The molecule has 0 unspecified atom stereocenters. The van der Waals surface area contributed by atoms with Crippen LogP contribution in [-0.2, 0) is 9.47 Å². The highest BCUT2D eigenvalue weighted by Crippen LogP contribution is 2.36. The van der Waals surface area contributed by atoms with Crippen molar-refractivity contribution in [1.82, 2.24) is 4.90 Å². The molecule has 2 heterocycles. The molecule has 1 N–H and O–H groups in total. The molecule has 86 valence electrons. The molecule has 2 saturated heterocycles. The van der Waals surface area contributed by atoms with Crippen molar-refractivity contribution in [3.63, 3.8) is 0 Å². The molecule has 0 aromatic heterocycles. The van der Waals surface area contributed by atoms with Crippen LogP contribution in [0.25, 0.3) is 0 Å². The molecule has 0 saturated carbocycles. The molecular formula is C10H17NO4. The van der Waals surface area contributed by atoms with E-state index in [0.717, 1.165) is 0 Å². The van der Waals surface area contributed by atoms with Crippen LogP contribution in [0.3, 0.4) is 0 Å². The van der Waals surface area contributed by atoms with E-state index in [4.69, 9.17) is 14.6 Å². The zero-order chi connectivity index (χ0) is 11.2. The van der Waals surface area contributed by atoms with Crippen LogP contribution in [-0.4, -0.2) is 53.1 Å². The lowest BCUT2D eigenvalue weighted by atomic mass is 10.2. The van der Waals surface area contributed by atoms with Gasteiger partial charge < -0.3 is 14.6 Å². The summed E-state index contributed by atoms with van der Waals surface area (Å²) in [6, 6.07) is -0.232. The summed E-state index contributed by atoms with van der Waals surface area (Å²) in [5.74, 6) is 0. The first-order valence-electron chi connectivity index (χ1n) is 5.18. The van der Waals surface area contributed by atoms with Crippen LogP contribution in [0.1, 0.15) is 20.8 Å². The summed E-state index contributed by atoms with van der Waals surface area (Å²) >= 11 is 0. The van der Waals surface area contributed by atoms with E-state index in [9.17, 15) is 4.79 Å². The van der Waals surface area contributed by atoms with Gasteiger partial charge in [0, 0.05) is 0 Å². The Kier molecular flexibility index (Phi) is 2.39. The summed E-state index contributed by atoms with van der Waals surface area (Å²) in [5.41, 5.74) is -0.495. The van der Waals surface area contributed by atoms with E-state index in [0.29, 0.717) is 6.54 Å². The second-order valence-electron chi connectivity index (χ2n) is 5.02. The van der Waals surface area contributed by atoms with E-state index >= 15 is 0 Å². The third kappa shape index (κ3) is 2.08. The number of epoxide rings is 1. The topological polar surface area (TPSA) is 62.3 Å². The number of ether oxygens (including phenoxy) is 2. The minimum Gasteiger partial charge on any atom is -0.444 e. The minimum absolute atomic E-state index is 0.0162. The number of fused-ring (bicyclic) bond motifs is 1. The highest BCUT2D eigenvalue weighted by Gasteiger charge is 2.56. The number of likely N-dealkylation sites (tertiary alicyclic amines) is 1. The van der Waals surface area contributed by atoms with Gasteiger partial charge in [-0.25, -0.2) is 4.79 Å². The molecule has 0 bridgehead atoms. The number of nitrogens with zero attached hydrogens (tertiary/aromatic N) is 1. The Morgan fingerprint density at radius 2 is 2.27 bits per heavy atom. The fourth-order valence-corrected chi connectivity index (χ4v) is 1.88. The quantitative estimate of drug-likeness (QED) is 0.642. The Bertz CT molecular complexity index is 273. The average Bonchev–Trinajstić information content (AvgIpc) is 2.75. The highest BCUT2D eigenvalue weighted by atomic mass is 16.6. The van der Waals surface area contributed by atoms with Gasteiger partial charge in [0.1, 0.15) is 17.8 Å². The third-order valence-electron chi connectivity index (χ3n) is 2.59. The van der Waals surface area contributed by atoms with Crippen molar-refractivity contribution in [3.8, 4) is 0 Å². The van der Waals surface area contributed by atoms with E-state index in [1.54, 1.807) is 4.90 Å². The Morgan fingerprint density at radius 3 is 2.80 bits per heavy atom. The Balaban J connectivity index is 1.96. The molecule has 3 atom stereocenters. The second kappa shape index (κ2) is 3.35. The summed E-state index contributed by atoms with van der Waals surface area (Å²) in [4.78, 5) is 13.3. The molecule has 0 radical (unpaired) electrons. The highest BCUT2D eigenvalue weighted by molar-refractivity contribution is 5.69. The zero-order valence-corrected chi connectivity index (χ0v) is 9.27. The zero-order valence-electron chi connectivity index (χ0n) is 9.27. The van der Waals surface area contributed by atoms with Gasteiger partial charge in [0.05, 0.1) is 19.2 Å². The fourth-order valence-electron chi connectivity index (χ4n) is 1.88. The molecule has 5 heteroatoms. The molecule has 15 heavy (non-hydrogen) atoms. The average molecular weight is 215 g/mol. The third-order valence-corrected chi connectivity index (χ3v) is 2.59. The van der Waals surface area contributed by atoms with E-state index < -0.39 is 5.60 Å². The largest absolute Gasteiger partial charge is 0.444 e. The lowest BCUT2D eigenvalue weighted by molar-refractivity contribution is 0.00499. The number of aliphatic hydroxyl groups is 1. The van der Waals surface area contributed by atoms with Crippen LogP contribution < -0.4 is 0 Å².